The molecule has 1 aliphatic heterocycles. The first-order valence-corrected chi connectivity index (χ1v) is 12.3. The Bertz CT molecular complexity index is 998. The molecule has 0 spiro atoms. The van der Waals surface area contributed by atoms with E-state index >= 15 is 0 Å². The van der Waals surface area contributed by atoms with E-state index in [1.807, 2.05) is 25.1 Å². The lowest BCUT2D eigenvalue weighted by molar-refractivity contribution is 0.0847. The van der Waals surface area contributed by atoms with Crippen molar-refractivity contribution in [2.45, 2.75) is 4.90 Å². The number of thioether (sulfide) groups is 1. The van der Waals surface area contributed by atoms with Crippen molar-refractivity contribution in [3.05, 3.63) is 46.2 Å². The highest BCUT2D eigenvalue weighted by Crippen LogP contribution is 2.27. The van der Waals surface area contributed by atoms with E-state index in [1.165, 1.54) is 10.4 Å². The Morgan fingerprint density at radius 3 is 2.45 bits per heavy atom. The molecule has 1 aromatic carbocycles. The van der Waals surface area contributed by atoms with Gasteiger partial charge in [-0.2, -0.15) is 16.1 Å². The first-order valence-electron chi connectivity index (χ1n) is 8.84. The molecule has 0 aliphatic carbocycles. The summed E-state index contributed by atoms with van der Waals surface area (Å²) in [6, 6.07) is 8.35. The lowest BCUT2D eigenvalue weighted by Crippen LogP contribution is -2.42. The molecule has 11 heteroatoms. The van der Waals surface area contributed by atoms with Gasteiger partial charge in [0.2, 0.25) is 10.0 Å². The molecule has 8 nitrogen and oxygen atoms in total. The number of hydrazine groups is 1. The fraction of sp³-hybridized carbons (Fsp3) is 0.333. The van der Waals surface area contributed by atoms with E-state index in [0.717, 1.165) is 28.5 Å². The Morgan fingerprint density at radius 1 is 1.07 bits per heavy atom. The van der Waals surface area contributed by atoms with Crippen LogP contribution in [0.5, 0.6) is 0 Å². The second-order valence-corrected chi connectivity index (χ2v) is 10.5. The molecule has 0 radical (unpaired) electrons. The smallest absolute Gasteiger partial charge is 0.281 e. The molecular formula is C18H22N4O4S3. The number of amides is 2. The molecule has 0 saturated carbocycles. The van der Waals surface area contributed by atoms with Gasteiger partial charge in [-0.05, 0) is 29.6 Å². The first kappa shape index (κ1) is 21.6. The molecule has 1 aromatic heterocycles. The largest absolute Gasteiger partial charge is 0.378 e. The van der Waals surface area contributed by atoms with Crippen LogP contribution in [0.15, 0.2) is 40.6 Å². The van der Waals surface area contributed by atoms with Gasteiger partial charge in [0.15, 0.2) is 0 Å². The van der Waals surface area contributed by atoms with E-state index in [2.05, 4.69) is 10.9 Å². The maximum atomic E-state index is 12.9. The minimum Gasteiger partial charge on any atom is -0.378 e. The van der Waals surface area contributed by atoms with Crippen LogP contribution in [-0.4, -0.2) is 63.2 Å². The van der Waals surface area contributed by atoms with Crippen molar-refractivity contribution in [2.75, 3.05) is 43.6 Å². The van der Waals surface area contributed by atoms with E-state index in [-0.39, 0.29) is 9.77 Å². The average molecular weight is 455 g/mol. The second-order valence-electron chi connectivity index (χ2n) is 6.48. The lowest BCUT2D eigenvalue weighted by atomic mass is 10.2. The van der Waals surface area contributed by atoms with Gasteiger partial charge >= 0.3 is 0 Å². The minimum atomic E-state index is -3.75. The molecular weight excluding hydrogens is 432 g/mol. The van der Waals surface area contributed by atoms with Crippen molar-refractivity contribution in [3.8, 4) is 0 Å². The van der Waals surface area contributed by atoms with Crippen LogP contribution in [0.25, 0.3) is 0 Å². The standard InChI is InChI=1S/C18H22N4O4S3/c1-21(2)14-5-3-4-13(12-14)17(23)19-20-18(24)16-15(6-9-28-16)29(25,26)22-7-10-27-11-8-22/h3-6,9,12H,7-8,10-11H2,1-2H3,(H,19,23)(H,20,24). The van der Waals surface area contributed by atoms with Crippen molar-refractivity contribution in [3.63, 3.8) is 0 Å². The highest BCUT2D eigenvalue weighted by molar-refractivity contribution is 7.99. The lowest BCUT2D eigenvalue weighted by Gasteiger charge is -2.25. The normalized spacial score (nSPS) is 15.0. The van der Waals surface area contributed by atoms with Crippen LogP contribution >= 0.6 is 23.1 Å². The Kier molecular flexibility index (Phi) is 6.83. The predicted octanol–water partition coefficient (Wildman–Crippen LogP) is 1.63. The number of benzene rings is 1. The molecule has 29 heavy (non-hydrogen) atoms. The number of hydrogen-bond acceptors (Lipinski definition) is 7. The van der Waals surface area contributed by atoms with Crippen molar-refractivity contribution in [1.29, 1.82) is 0 Å². The number of hydrogen-bond donors (Lipinski definition) is 2. The summed E-state index contributed by atoms with van der Waals surface area (Å²) in [6.45, 7) is 0.839. The van der Waals surface area contributed by atoms with Crippen LogP contribution in [0.4, 0.5) is 5.69 Å². The van der Waals surface area contributed by atoms with Crippen LogP contribution in [-0.2, 0) is 10.0 Å². The highest BCUT2D eigenvalue weighted by atomic mass is 32.2. The van der Waals surface area contributed by atoms with E-state index in [0.29, 0.717) is 18.7 Å². The summed E-state index contributed by atoms with van der Waals surface area (Å²) in [5.41, 5.74) is 5.89. The number of carbonyl (C=O) groups is 2. The van der Waals surface area contributed by atoms with Crippen LogP contribution in [0.1, 0.15) is 20.0 Å². The maximum absolute atomic E-state index is 12.9. The molecule has 1 fully saturated rings. The minimum absolute atomic E-state index is 0.0317. The number of carbonyl (C=O) groups excluding carboxylic acids is 2. The van der Waals surface area contributed by atoms with Crippen molar-refractivity contribution in [2.24, 2.45) is 0 Å². The molecule has 0 bridgehead atoms. The molecule has 2 heterocycles. The van der Waals surface area contributed by atoms with Gasteiger partial charge in [0.25, 0.3) is 11.8 Å². The zero-order chi connectivity index (χ0) is 21.0. The van der Waals surface area contributed by atoms with E-state index < -0.39 is 21.8 Å². The zero-order valence-electron chi connectivity index (χ0n) is 16.0. The van der Waals surface area contributed by atoms with Gasteiger partial charge < -0.3 is 4.90 Å². The highest BCUT2D eigenvalue weighted by Gasteiger charge is 2.31. The number of rotatable bonds is 5. The number of thiophene rings is 1. The monoisotopic (exact) mass is 454 g/mol. The molecule has 2 N–H and O–H groups in total. The summed E-state index contributed by atoms with van der Waals surface area (Å²) in [6.07, 6.45) is 0. The maximum Gasteiger partial charge on any atom is 0.281 e. The third kappa shape index (κ3) is 4.92. The summed E-state index contributed by atoms with van der Waals surface area (Å²) in [7, 11) is -0.0295. The molecule has 1 saturated heterocycles. The quantitative estimate of drug-likeness (QED) is 0.667. The number of nitrogens with one attached hydrogen (secondary N) is 2. The van der Waals surface area contributed by atoms with Crippen LogP contribution in [0, 0.1) is 0 Å². The fourth-order valence-corrected chi connectivity index (χ4v) is 6.63. The third-order valence-electron chi connectivity index (χ3n) is 4.34. The summed E-state index contributed by atoms with van der Waals surface area (Å²) in [5.74, 6) is 0.304. The topological polar surface area (TPSA) is 98.8 Å². The number of anilines is 1. The Hall–Kier alpha value is -2.08. The summed E-state index contributed by atoms with van der Waals surface area (Å²) < 4.78 is 27.2. The molecule has 0 atom stereocenters. The first-order chi connectivity index (χ1) is 13.8. The van der Waals surface area contributed by atoms with Crippen molar-refractivity contribution < 1.29 is 18.0 Å². The van der Waals surface area contributed by atoms with Gasteiger partial charge in [0.05, 0.1) is 0 Å². The van der Waals surface area contributed by atoms with Gasteiger partial charge in [-0.1, -0.05) is 6.07 Å². The second kappa shape index (κ2) is 9.16. The summed E-state index contributed by atoms with van der Waals surface area (Å²) in [5, 5.41) is 1.56. The molecule has 2 amide bonds. The SMILES string of the molecule is CN(C)c1cccc(C(=O)NNC(=O)c2sccc2S(=O)(=O)N2CCSCC2)c1. The van der Waals surface area contributed by atoms with Gasteiger partial charge in [0.1, 0.15) is 9.77 Å². The van der Waals surface area contributed by atoms with E-state index in [1.54, 1.807) is 35.3 Å². The van der Waals surface area contributed by atoms with Crippen LogP contribution in [0.3, 0.4) is 0 Å². The Balaban J connectivity index is 1.70. The number of nitrogens with zero attached hydrogens (tertiary/aromatic N) is 2. The molecule has 1 aliphatic rings. The predicted molar refractivity (Wildman–Crippen MR) is 116 cm³/mol. The molecule has 2 aromatic rings. The fourth-order valence-electron chi connectivity index (χ4n) is 2.76. The van der Waals surface area contributed by atoms with Gasteiger partial charge in [-0.3, -0.25) is 20.4 Å². The zero-order valence-corrected chi connectivity index (χ0v) is 18.5. The van der Waals surface area contributed by atoms with Crippen molar-refractivity contribution in [1.82, 2.24) is 15.2 Å². The van der Waals surface area contributed by atoms with E-state index in [4.69, 9.17) is 0 Å². The number of sulfonamides is 1. The van der Waals surface area contributed by atoms with Gasteiger partial charge in [-0.15, -0.1) is 11.3 Å². The van der Waals surface area contributed by atoms with Gasteiger partial charge in [-0.25, -0.2) is 8.42 Å². The van der Waals surface area contributed by atoms with Crippen LogP contribution in [0.2, 0.25) is 0 Å². The molecule has 0 unspecified atom stereocenters. The average Bonchev–Trinajstić information content (AvgIpc) is 3.23. The third-order valence-corrected chi connectivity index (χ3v) is 8.26. The van der Waals surface area contributed by atoms with E-state index in [9.17, 15) is 18.0 Å². The van der Waals surface area contributed by atoms with Gasteiger partial charge in [0, 0.05) is 49.9 Å². The molecule has 3 rings (SSSR count). The van der Waals surface area contributed by atoms with Crippen molar-refractivity contribution >= 4 is 50.6 Å². The van der Waals surface area contributed by atoms with Crippen LogP contribution < -0.4 is 15.8 Å². The summed E-state index contributed by atoms with van der Waals surface area (Å²) in [4.78, 5) is 26.8. The Labute approximate surface area is 178 Å². The summed E-state index contributed by atoms with van der Waals surface area (Å²) >= 11 is 2.72. The Morgan fingerprint density at radius 2 is 1.76 bits per heavy atom. The molecule has 156 valence electrons.